The molecule has 120 valence electrons. The molecule has 0 amide bonds. The fourth-order valence-electron chi connectivity index (χ4n) is 3.12. The number of benzene rings is 2. The molecular formula is C21H24O2. The first-order chi connectivity index (χ1) is 10.9. The van der Waals surface area contributed by atoms with Gasteiger partial charge in [0, 0.05) is 18.4 Å². The van der Waals surface area contributed by atoms with Gasteiger partial charge in [-0.2, -0.15) is 0 Å². The number of carbonyl (C=O) groups is 1. The van der Waals surface area contributed by atoms with Crippen LogP contribution in [-0.4, -0.2) is 12.4 Å². The highest BCUT2D eigenvalue weighted by Gasteiger charge is 2.29. The standard InChI is InChI=1S/C21H24O2/c1-5-23-20-17-9-7-6-8-15(17)16-11-10-14(12-18(16)20)13-19(22)21(2,3)4/h6-12,20H,5,13H2,1-4H3. The summed E-state index contributed by atoms with van der Waals surface area (Å²) in [6.45, 7) is 8.61. The van der Waals surface area contributed by atoms with Crippen LogP contribution in [-0.2, 0) is 16.0 Å². The lowest BCUT2D eigenvalue weighted by molar-refractivity contribution is -0.125. The molecule has 0 saturated heterocycles. The molecule has 3 rings (SSSR count). The molecule has 0 N–H and O–H groups in total. The number of rotatable bonds is 4. The lowest BCUT2D eigenvalue weighted by atomic mass is 9.86. The third kappa shape index (κ3) is 2.96. The number of Topliss-reactive ketones (excluding diaryl/α,β-unsaturated/α-hetero) is 1. The van der Waals surface area contributed by atoms with Gasteiger partial charge in [-0.25, -0.2) is 0 Å². The van der Waals surface area contributed by atoms with Crippen LogP contribution in [0.5, 0.6) is 0 Å². The molecule has 2 nitrogen and oxygen atoms in total. The van der Waals surface area contributed by atoms with E-state index in [1.807, 2.05) is 27.7 Å². The van der Waals surface area contributed by atoms with Crippen LogP contribution in [0.25, 0.3) is 11.1 Å². The van der Waals surface area contributed by atoms with Crippen LogP contribution in [0.1, 0.15) is 50.5 Å². The Morgan fingerprint density at radius 3 is 2.43 bits per heavy atom. The van der Waals surface area contributed by atoms with E-state index in [2.05, 4.69) is 42.5 Å². The highest BCUT2D eigenvalue weighted by atomic mass is 16.5. The van der Waals surface area contributed by atoms with Crippen LogP contribution in [0.4, 0.5) is 0 Å². The van der Waals surface area contributed by atoms with Gasteiger partial charge in [0.05, 0.1) is 0 Å². The van der Waals surface area contributed by atoms with Crippen molar-refractivity contribution in [1.82, 2.24) is 0 Å². The average molecular weight is 308 g/mol. The van der Waals surface area contributed by atoms with Gasteiger partial charge in [-0.05, 0) is 34.7 Å². The van der Waals surface area contributed by atoms with Crippen LogP contribution < -0.4 is 0 Å². The molecule has 2 aromatic rings. The van der Waals surface area contributed by atoms with Gasteiger partial charge in [-0.1, -0.05) is 63.2 Å². The Labute approximate surface area is 138 Å². The second-order valence-electron chi connectivity index (χ2n) is 7.19. The predicted octanol–water partition coefficient (Wildman–Crippen LogP) is 4.95. The van der Waals surface area contributed by atoms with Gasteiger partial charge in [0.2, 0.25) is 0 Å². The average Bonchev–Trinajstić information content (AvgIpc) is 2.81. The van der Waals surface area contributed by atoms with Crippen molar-refractivity contribution in [2.45, 2.75) is 40.2 Å². The molecule has 2 aromatic carbocycles. The van der Waals surface area contributed by atoms with Gasteiger partial charge in [0.15, 0.2) is 0 Å². The lowest BCUT2D eigenvalue weighted by Crippen LogP contribution is -2.22. The van der Waals surface area contributed by atoms with Crippen molar-refractivity contribution in [3.05, 3.63) is 59.2 Å². The smallest absolute Gasteiger partial charge is 0.142 e. The highest BCUT2D eigenvalue weighted by molar-refractivity contribution is 5.86. The zero-order valence-electron chi connectivity index (χ0n) is 14.3. The molecule has 0 radical (unpaired) electrons. The van der Waals surface area contributed by atoms with Crippen LogP contribution in [0.2, 0.25) is 0 Å². The van der Waals surface area contributed by atoms with Crippen molar-refractivity contribution in [2.24, 2.45) is 5.41 Å². The molecule has 2 heteroatoms. The minimum absolute atomic E-state index is 0.0177. The molecule has 0 aliphatic heterocycles. The van der Waals surface area contributed by atoms with E-state index in [0.29, 0.717) is 13.0 Å². The third-order valence-corrected chi connectivity index (χ3v) is 4.47. The van der Waals surface area contributed by atoms with Gasteiger partial charge < -0.3 is 4.74 Å². The summed E-state index contributed by atoms with van der Waals surface area (Å²) in [5.74, 6) is 0.265. The SMILES string of the molecule is CCOC1c2ccccc2-c2ccc(CC(=O)C(C)(C)C)cc21. The summed E-state index contributed by atoms with van der Waals surface area (Å²) in [4.78, 5) is 12.3. The van der Waals surface area contributed by atoms with E-state index in [1.54, 1.807) is 0 Å². The molecule has 0 aromatic heterocycles. The number of carbonyl (C=O) groups excluding carboxylic acids is 1. The van der Waals surface area contributed by atoms with E-state index >= 15 is 0 Å². The monoisotopic (exact) mass is 308 g/mol. The van der Waals surface area contributed by atoms with Gasteiger partial charge in [-0.3, -0.25) is 4.79 Å². The molecule has 0 heterocycles. The van der Waals surface area contributed by atoms with E-state index in [1.165, 1.54) is 22.3 Å². The molecule has 1 aliphatic carbocycles. The fraction of sp³-hybridized carbons (Fsp3) is 0.381. The Hall–Kier alpha value is -1.93. The Kier molecular flexibility index (Phi) is 4.11. The van der Waals surface area contributed by atoms with Crippen molar-refractivity contribution in [3.63, 3.8) is 0 Å². The molecule has 1 unspecified atom stereocenters. The zero-order chi connectivity index (χ0) is 16.6. The summed E-state index contributed by atoms with van der Waals surface area (Å²) in [6.07, 6.45) is 0.460. The third-order valence-electron chi connectivity index (χ3n) is 4.47. The van der Waals surface area contributed by atoms with Gasteiger partial charge in [-0.15, -0.1) is 0 Å². The van der Waals surface area contributed by atoms with E-state index in [-0.39, 0.29) is 17.3 Å². The van der Waals surface area contributed by atoms with Crippen LogP contribution in [0, 0.1) is 5.41 Å². The molecule has 0 spiro atoms. The topological polar surface area (TPSA) is 26.3 Å². The molecule has 0 fully saturated rings. The van der Waals surface area contributed by atoms with E-state index < -0.39 is 0 Å². The number of ketones is 1. The minimum Gasteiger partial charge on any atom is -0.369 e. The Morgan fingerprint density at radius 2 is 1.74 bits per heavy atom. The maximum absolute atomic E-state index is 12.3. The van der Waals surface area contributed by atoms with E-state index in [4.69, 9.17) is 4.74 Å². The summed E-state index contributed by atoms with van der Waals surface area (Å²) in [5, 5.41) is 0. The highest BCUT2D eigenvalue weighted by Crippen LogP contribution is 2.45. The predicted molar refractivity (Wildman–Crippen MR) is 93.5 cm³/mol. The van der Waals surface area contributed by atoms with Gasteiger partial charge >= 0.3 is 0 Å². The number of fused-ring (bicyclic) bond motifs is 3. The zero-order valence-corrected chi connectivity index (χ0v) is 14.3. The summed E-state index contributed by atoms with van der Waals surface area (Å²) < 4.78 is 6.00. The summed E-state index contributed by atoms with van der Waals surface area (Å²) in [6, 6.07) is 14.8. The van der Waals surface area contributed by atoms with Gasteiger partial charge in [0.1, 0.15) is 11.9 Å². The van der Waals surface area contributed by atoms with Gasteiger partial charge in [0.25, 0.3) is 0 Å². The minimum atomic E-state index is -0.304. The first-order valence-corrected chi connectivity index (χ1v) is 8.29. The maximum atomic E-state index is 12.3. The summed E-state index contributed by atoms with van der Waals surface area (Å²) in [5.41, 5.74) is 5.65. The maximum Gasteiger partial charge on any atom is 0.142 e. The number of ether oxygens (including phenoxy) is 1. The first-order valence-electron chi connectivity index (χ1n) is 8.29. The quantitative estimate of drug-likeness (QED) is 0.798. The largest absolute Gasteiger partial charge is 0.369 e. The van der Waals surface area contributed by atoms with Crippen molar-refractivity contribution >= 4 is 5.78 Å². The second kappa shape index (κ2) is 5.93. The van der Waals surface area contributed by atoms with Crippen LogP contribution >= 0.6 is 0 Å². The van der Waals surface area contributed by atoms with Crippen molar-refractivity contribution in [2.75, 3.05) is 6.61 Å². The second-order valence-corrected chi connectivity index (χ2v) is 7.19. The van der Waals surface area contributed by atoms with E-state index in [0.717, 1.165) is 5.56 Å². The van der Waals surface area contributed by atoms with Crippen molar-refractivity contribution in [3.8, 4) is 11.1 Å². The van der Waals surface area contributed by atoms with Crippen molar-refractivity contribution < 1.29 is 9.53 Å². The molecule has 1 aliphatic rings. The number of hydrogen-bond donors (Lipinski definition) is 0. The molecule has 0 bridgehead atoms. The Bertz CT molecular complexity index is 738. The van der Waals surface area contributed by atoms with Crippen LogP contribution in [0.3, 0.4) is 0 Å². The van der Waals surface area contributed by atoms with Crippen LogP contribution in [0.15, 0.2) is 42.5 Å². The summed E-state index contributed by atoms with van der Waals surface area (Å²) >= 11 is 0. The normalized spacial score (nSPS) is 16.1. The van der Waals surface area contributed by atoms with Crippen molar-refractivity contribution in [1.29, 1.82) is 0 Å². The lowest BCUT2D eigenvalue weighted by Gasteiger charge is -2.18. The first kappa shape index (κ1) is 15.9. The summed E-state index contributed by atoms with van der Waals surface area (Å²) in [7, 11) is 0. The molecule has 1 atom stereocenters. The number of hydrogen-bond acceptors (Lipinski definition) is 2. The molecule has 23 heavy (non-hydrogen) atoms. The Morgan fingerprint density at radius 1 is 1.04 bits per heavy atom. The Balaban J connectivity index is 1.99. The van der Waals surface area contributed by atoms with E-state index in [9.17, 15) is 4.79 Å². The molecule has 0 saturated carbocycles. The fourth-order valence-corrected chi connectivity index (χ4v) is 3.12. The molecular weight excluding hydrogens is 284 g/mol.